The summed E-state index contributed by atoms with van der Waals surface area (Å²) in [6.07, 6.45) is -1.69. The number of aromatic nitrogens is 2. The molecular formula is C12H16F3N3O2. The van der Waals surface area contributed by atoms with Crippen LogP contribution in [0.2, 0.25) is 0 Å². The molecule has 5 nitrogen and oxygen atoms in total. The number of alkyl halides is 3. The lowest BCUT2D eigenvalue weighted by molar-refractivity contribution is -0.271. The van der Waals surface area contributed by atoms with Crippen molar-refractivity contribution in [3.05, 3.63) is 18.2 Å². The van der Waals surface area contributed by atoms with Gasteiger partial charge in [0.05, 0.1) is 6.42 Å². The molecule has 0 aromatic carbocycles. The van der Waals surface area contributed by atoms with Gasteiger partial charge in [-0.15, -0.1) is 0 Å². The summed E-state index contributed by atoms with van der Waals surface area (Å²) in [5.41, 5.74) is -3.28. The molecule has 0 spiro atoms. The molecule has 1 aliphatic carbocycles. The quantitative estimate of drug-likeness (QED) is 0.853. The number of hydrogen-bond donors (Lipinski definition) is 2. The standard InChI is InChI=1S/C12H16F3N3O2/c1-18-5-4-16-10(18)11(20,12(13,14)15)6-9(19)17-7-8-2-3-8/h4-5,8,20H,2-3,6-7H2,1H3,(H,17,19). The van der Waals surface area contributed by atoms with Gasteiger partial charge in [0.25, 0.3) is 0 Å². The van der Waals surface area contributed by atoms with E-state index in [0.717, 1.165) is 23.6 Å². The SMILES string of the molecule is Cn1ccnc1C(O)(CC(=O)NCC1CC1)C(F)(F)F. The molecule has 0 bridgehead atoms. The summed E-state index contributed by atoms with van der Waals surface area (Å²) in [5, 5.41) is 12.4. The number of amides is 1. The Kier molecular flexibility index (Phi) is 3.77. The number of carbonyl (C=O) groups is 1. The molecule has 1 atom stereocenters. The van der Waals surface area contributed by atoms with E-state index < -0.39 is 29.9 Å². The number of rotatable bonds is 5. The second kappa shape index (κ2) is 5.08. The van der Waals surface area contributed by atoms with Gasteiger partial charge < -0.3 is 15.0 Å². The maximum atomic E-state index is 13.1. The maximum Gasteiger partial charge on any atom is 0.425 e. The van der Waals surface area contributed by atoms with E-state index in [1.165, 1.54) is 13.2 Å². The number of imidazole rings is 1. The Labute approximate surface area is 113 Å². The maximum absolute atomic E-state index is 13.1. The normalized spacial score (nSPS) is 18.6. The average molecular weight is 291 g/mol. The van der Waals surface area contributed by atoms with Crippen molar-refractivity contribution in [1.82, 2.24) is 14.9 Å². The zero-order valence-corrected chi connectivity index (χ0v) is 10.9. The third kappa shape index (κ3) is 2.95. The van der Waals surface area contributed by atoms with Crippen LogP contribution in [-0.4, -0.2) is 33.3 Å². The van der Waals surface area contributed by atoms with Gasteiger partial charge in [-0.1, -0.05) is 0 Å². The van der Waals surface area contributed by atoms with E-state index in [1.807, 2.05) is 0 Å². The minimum Gasteiger partial charge on any atom is -0.374 e. The first-order valence-corrected chi connectivity index (χ1v) is 6.27. The Morgan fingerprint density at radius 3 is 2.65 bits per heavy atom. The monoisotopic (exact) mass is 291 g/mol. The van der Waals surface area contributed by atoms with Gasteiger partial charge in [-0.05, 0) is 18.8 Å². The molecule has 0 radical (unpaired) electrons. The highest BCUT2D eigenvalue weighted by atomic mass is 19.4. The summed E-state index contributed by atoms with van der Waals surface area (Å²) < 4.78 is 40.5. The number of aliphatic hydroxyl groups is 1. The first kappa shape index (κ1) is 14.8. The fraction of sp³-hybridized carbons (Fsp3) is 0.667. The van der Waals surface area contributed by atoms with Crippen LogP contribution in [0.4, 0.5) is 13.2 Å². The van der Waals surface area contributed by atoms with Crippen molar-refractivity contribution in [1.29, 1.82) is 0 Å². The number of aryl methyl sites for hydroxylation is 1. The highest BCUT2D eigenvalue weighted by Crippen LogP contribution is 2.40. The van der Waals surface area contributed by atoms with Crippen molar-refractivity contribution in [2.45, 2.75) is 31.0 Å². The van der Waals surface area contributed by atoms with Crippen LogP contribution in [0.1, 0.15) is 25.1 Å². The van der Waals surface area contributed by atoms with Gasteiger partial charge in [0.15, 0.2) is 5.82 Å². The summed E-state index contributed by atoms with van der Waals surface area (Å²) in [4.78, 5) is 15.2. The van der Waals surface area contributed by atoms with Gasteiger partial charge >= 0.3 is 6.18 Å². The molecule has 8 heteroatoms. The van der Waals surface area contributed by atoms with Crippen molar-refractivity contribution in [3.63, 3.8) is 0 Å². The number of halogens is 3. The molecule has 1 amide bonds. The molecule has 20 heavy (non-hydrogen) atoms. The lowest BCUT2D eigenvalue weighted by Crippen LogP contribution is -2.48. The van der Waals surface area contributed by atoms with Crippen LogP contribution in [-0.2, 0) is 17.4 Å². The molecule has 1 aromatic heterocycles. The number of carbonyl (C=O) groups excluding carboxylic acids is 1. The van der Waals surface area contributed by atoms with E-state index in [9.17, 15) is 23.1 Å². The average Bonchev–Trinajstić information content (AvgIpc) is 3.06. The van der Waals surface area contributed by atoms with Crippen molar-refractivity contribution in [2.75, 3.05) is 6.54 Å². The van der Waals surface area contributed by atoms with Gasteiger partial charge in [0.2, 0.25) is 11.5 Å². The lowest BCUT2D eigenvalue weighted by Gasteiger charge is -2.29. The van der Waals surface area contributed by atoms with Gasteiger partial charge in [-0.2, -0.15) is 13.2 Å². The Morgan fingerprint density at radius 2 is 2.20 bits per heavy atom. The molecule has 1 heterocycles. The molecule has 1 unspecified atom stereocenters. The Hall–Kier alpha value is -1.57. The Morgan fingerprint density at radius 1 is 1.55 bits per heavy atom. The molecule has 1 saturated carbocycles. The summed E-state index contributed by atoms with van der Waals surface area (Å²) in [6, 6.07) is 0. The Balaban J connectivity index is 2.15. The van der Waals surface area contributed by atoms with Gasteiger partial charge in [-0.3, -0.25) is 4.79 Å². The Bertz CT molecular complexity index is 496. The second-order valence-electron chi connectivity index (χ2n) is 5.14. The van der Waals surface area contributed by atoms with E-state index in [-0.39, 0.29) is 0 Å². The molecular weight excluding hydrogens is 275 g/mol. The van der Waals surface area contributed by atoms with Crippen molar-refractivity contribution in [2.24, 2.45) is 13.0 Å². The molecule has 0 saturated heterocycles. The van der Waals surface area contributed by atoms with Gasteiger partial charge in [0.1, 0.15) is 0 Å². The van der Waals surface area contributed by atoms with E-state index in [4.69, 9.17) is 0 Å². The van der Waals surface area contributed by atoms with Crippen LogP contribution >= 0.6 is 0 Å². The lowest BCUT2D eigenvalue weighted by atomic mass is 9.97. The summed E-state index contributed by atoms with van der Waals surface area (Å²) in [5.74, 6) is -1.07. The van der Waals surface area contributed by atoms with Crippen molar-refractivity contribution >= 4 is 5.91 Å². The topological polar surface area (TPSA) is 67.1 Å². The largest absolute Gasteiger partial charge is 0.425 e. The van der Waals surface area contributed by atoms with Crippen LogP contribution in [0, 0.1) is 5.92 Å². The minimum absolute atomic E-state index is 0.353. The van der Waals surface area contributed by atoms with Crippen LogP contribution in [0.25, 0.3) is 0 Å². The fourth-order valence-corrected chi connectivity index (χ4v) is 1.95. The molecule has 1 fully saturated rings. The molecule has 0 aliphatic heterocycles. The van der Waals surface area contributed by atoms with Gasteiger partial charge in [-0.25, -0.2) is 4.98 Å². The second-order valence-corrected chi connectivity index (χ2v) is 5.14. The zero-order chi connectivity index (χ0) is 15.0. The number of nitrogens with one attached hydrogen (secondary N) is 1. The van der Waals surface area contributed by atoms with E-state index in [0.29, 0.717) is 12.5 Å². The summed E-state index contributed by atoms with van der Waals surface area (Å²) in [7, 11) is 1.33. The molecule has 2 N–H and O–H groups in total. The smallest absolute Gasteiger partial charge is 0.374 e. The van der Waals surface area contributed by atoms with Crippen molar-refractivity contribution < 1.29 is 23.1 Å². The van der Waals surface area contributed by atoms with Crippen LogP contribution < -0.4 is 5.32 Å². The third-order valence-corrected chi connectivity index (χ3v) is 3.36. The van der Waals surface area contributed by atoms with Crippen molar-refractivity contribution in [3.8, 4) is 0 Å². The van der Waals surface area contributed by atoms with E-state index in [1.54, 1.807) is 0 Å². The van der Waals surface area contributed by atoms with Gasteiger partial charge in [0, 0.05) is 26.0 Å². The third-order valence-electron chi connectivity index (χ3n) is 3.36. The molecule has 112 valence electrons. The van der Waals surface area contributed by atoms with Crippen LogP contribution in [0.15, 0.2) is 12.4 Å². The number of hydrogen-bond acceptors (Lipinski definition) is 3. The zero-order valence-electron chi connectivity index (χ0n) is 10.9. The van der Waals surface area contributed by atoms with E-state index >= 15 is 0 Å². The van der Waals surface area contributed by atoms with E-state index in [2.05, 4.69) is 10.3 Å². The predicted molar refractivity (Wildman–Crippen MR) is 63.5 cm³/mol. The molecule has 2 rings (SSSR count). The van der Waals surface area contributed by atoms with Crippen LogP contribution in [0.3, 0.4) is 0 Å². The first-order valence-electron chi connectivity index (χ1n) is 6.27. The molecule has 1 aliphatic rings. The number of nitrogens with zero attached hydrogens (tertiary/aromatic N) is 2. The first-order chi connectivity index (χ1) is 9.24. The molecule has 1 aromatic rings. The minimum atomic E-state index is -4.98. The van der Waals surface area contributed by atoms with Crippen LogP contribution in [0.5, 0.6) is 0 Å². The summed E-state index contributed by atoms with van der Waals surface area (Å²) in [6.45, 7) is 0.354. The highest BCUT2D eigenvalue weighted by molar-refractivity contribution is 5.77. The highest BCUT2D eigenvalue weighted by Gasteiger charge is 2.58. The summed E-state index contributed by atoms with van der Waals surface area (Å²) >= 11 is 0. The fourth-order valence-electron chi connectivity index (χ4n) is 1.95. The predicted octanol–water partition coefficient (Wildman–Crippen LogP) is 1.09.